The number of ether oxygens (including phenoxy) is 1. The van der Waals surface area contributed by atoms with Gasteiger partial charge in [-0.3, -0.25) is 4.79 Å². The Kier molecular flexibility index (Phi) is 4.91. The van der Waals surface area contributed by atoms with Crippen molar-refractivity contribution in [1.82, 2.24) is 4.90 Å². The lowest BCUT2D eigenvalue weighted by molar-refractivity contribution is -0.128. The van der Waals surface area contributed by atoms with Crippen LogP contribution in [0.5, 0.6) is 5.75 Å². The number of benzene rings is 3. The summed E-state index contributed by atoms with van der Waals surface area (Å²) < 4.78 is 5.63. The Morgan fingerprint density at radius 2 is 1.86 bits per heavy atom. The van der Waals surface area contributed by atoms with Crippen molar-refractivity contribution in [2.75, 3.05) is 7.11 Å². The van der Waals surface area contributed by atoms with E-state index in [9.17, 15) is 4.79 Å². The topological polar surface area (TPSA) is 29.5 Å². The average molecular weight is 386 g/mol. The molecule has 0 saturated carbocycles. The third-order valence-corrected chi connectivity index (χ3v) is 6.02. The molecule has 0 fully saturated rings. The van der Waals surface area contributed by atoms with Crippen LogP contribution in [0.15, 0.2) is 55.1 Å². The number of hydrogen-bond donors (Lipinski definition) is 0. The molecule has 1 atom stereocenters. The van der Waals surface area contributed by atoms with E-state index in [4.69, 9.17) is 4.74 Å². The summed E-state index contributed by atoms with van der Waals surface area (Å²) in [5.74, 6) is 0.930. The summed E-state index contributed by atoms with van der Waals surface area (Å²) in [5.41, 5.74) is 4.89. The molecule has 0 spiro atoms. The second-order valence-electron chi connectivity index (χ2n) is 7.85. The predicted octanol–water partition coefficient (Wildman–Crippen LogP) is 5.63. The van der Waals surface area contributed by atoms with Gasteiger partial charge in [-0.2, -0.15) is 0 Å². The number of methoxy groups -OCH3 is 1. The maximum Gasteiger partial charge on any atom is 0.247 e. The highest BCUT2D eigenvalue weighted by atomic mass is 16.5. The van der Waals surface area contributed by atoms with Crippen LogP contribution >= 0.6 is 0 Å². The monoisotopic (exact) mass is 385 g/mol. The number of amides is 1. The fraction of sp³-hybridized carbons (Fsp3) is 0.269. The fourth-order valence-corrected chi connectivity index (χ4v) is 4.56. The number of rotatable bonds is 3. The molecule has 3 aromatic rings. The Hall–Kier alpha value is -3.07. The summed E-state index contributed by atoms with van der Waals surface area (Å²) in [6, 6.07) is 11.0. The zero-order valence-electron chi connectivity index (χ0n) is 17.6. The number of allylic oxidation sites excluding steroid dienone is 1. The summed E-state index contributed by atoms with van der Waals surface area (Å²) in [5, 5.41) is 4.92. The van der Waals surface area contributed by atoms with Crippen LogP contribution in [0.1, 0.15) is 29.2 Å². The van der Waals surface area contributed by atoms with Crippen LogP contribution in [0.4, 0.5) is 0 Å². The molecule has 29 heavy (non-hydrogen) atoms. The molecule has 0 saturated heterocycles. The lowest BCUT2D eigenvalue weighted by Crippen LogP contribution is -2.42. The Bertz CT molecular complexity index is 1170. The van der Waals surface area contributed by atoms with E-state index in [-0.39, 0.29) is 11.9 Å². The summed E-state index contributed by atoms with van der Waals surface area (Å²) in [7, 11) is 1.72. The van der Waals surface area contributed by atoms with Gasteiger partial charge in [0.2, 0.25) is 5.91 Å². The maximum atomic E-state index is 12.7. The standard InChI is InChI=1S/C26H27NO2/c1-6-8-26(28)27-15-24-19-10-9-16(3)11-20(19)21-12-17(4)25(29-5)14-23(21)22(24)13-18(27)7-2/h6-12,14,18H,2,13,15H2,1,3-5H3/b8-6+/t18-/m1/s1. The molecular formula is C26H27NO2. The highest BCUT2D eigenvalue weighted by Crippen LogP contribution is 2.40. The van der Waals surface area contributed by atoms with Crippen molar-refractivity contribution in [3.8, 4) is 5.75 Å². The van der Waals surface area contributed by atoms with Crippen molar-refractivity contribution in [1.29, 1.82) is 0 Å². The maximum absolute atomic E-state index is 12.7. The van der Waals surface area contributed by atoms with E-state index in [1.807, 2.05) is 17.9 Å². The van der Waals surface area contributed by atoms with Gasteiger partial charge in [-0.1, -0.05) is 35.9 Å². The second kappa shape index (κ2) is 7.40. The van der Waals surface area contributed by atoms with E-state index in [2.05, 4.69) is 50.8 Å². The molecule has 0 aromatic heterocycles. The lowest BCUT2D eigenvalue weighted by Gasteiger charge is -2.36. The van der Waals surface area contributed by atoms with Crippen molar-refractivity contribution in [2.24, 2.45) is 0 Å². The third-order valence-electron chi connectivity index (χ3n) is 6.02. The number of fused-ring (bicyclic) bond motifs is 6. The predicted molar refractivity (Wildman–Crippen MR) is 121 cm³/mol. The summed E-state index contributed by atoms with van der Waals surface area (Å²) in [6.07, 6.45) is 6.09. The van der Waals surface area contributed by atoms with E-state index in [1.54, 1.807) is 19.3 Å². The SMILES string of the molecule is C=C[C@@H]1Cc2c(c3ccc(C)cc3c3cc(C)c(OC)cc23)CN1C(=O)/C=C/C. The normalized spacial score (nSPS) is 16.4. The van der Waals surface area contributed by atoms with Crippen molar-refractivity contribution in [2.45, 2.75) is 39.8 Å². The Morgan fingerprint density at radius 3 is 2.55 bits per heavy atom. The molecule has 148 valence electrons. The first-order valence-electron chi connectivity index (χ1n) is 10.1. The Morgan fingerprint density at radius 1 is 1.10 bits per heavy atom. The quantitative estimate of drug-likeness (QED) is 0.332. The van der Waals surface area contributed by atoms with E-state index in [0.717, 1.165) is 17.7 Å². The minimum absolute atomic E-state index is 0.0235. The molecule has 0 bridgehead atoms. The third kappa shape index (κ3) is 3.11. The zero-order chi connectivity index (χ0) is 20.7. The van der Waals surface area contributed by atoms with Gasteiger partial charge in [-0.05, 0) is 83.6 Å². The lowest BCUT2D eigenvalue weighted by atomic mass is 9.84. The summed E-state index contributed by atoms with van der Waals surface area (Å²) >= 11 is 0. The van der Waals surface area contributed by atoms with Gasteiger partial charge in [-0.25, -0.2) is 0 Å². The molecule has 3 aromatic carbocycles. The van der Waals surface area contributed by atoms with E-state index in [0.29, 0.717) is 6.54 Å². The van der Waals surface area contributed by atoms with E-state index >= 15 is 0 Å². The molecule has 1 aliphatic rings. The van der Waals surface area contributed by atoms with Crippen molar-refractivity contribution >= 4 is 27.5 Å². The smallest absolute Gasteiger partial charge is 0.247 e. The fourth-order valence-electron chi connectivity index (χ4n) is 4.56. The first-order chi connectivity index (χ1) is 14.0. The van der Waals surface area contributed by atoms with Crippen molar-refractivity contribution in [3.05, 3.63) is 77.4 Å². The van der Waals surface area contributed by atoms with Crippen LogP contribution in [0.25, 0.3) is 21.5 Å². The second-order valence-corrected chi connectivity index (χ2v) is 7.85. The first kappa shape index (κ1) is 19.3. The number of aryl methyl sites for hydroxylation is 2. The van der Waals surface area contributed by atoms with Gasteiger partial charge in [0, 0.05) is 6.54 Å². The molecule has 0 aliphatic carbocycles. The van der Waals surface area contributed by atoms with Gasteiger partial charge in [0.05, 0.1) is 13.2 Å². The largest absolute Gasteiger partial charge is 0.496 e. The van der Waals surface area contributed by atoms with Crippen LogP contribution < -0.4 is 4.74 Å². The number of nitrogens with zero attached hydrogens (tertiary/aromatic N) is 1. The molecule has 1 aliphatic heterocycles. The molecule has 0 unspecified atom stereocenters. The minimum Gasteiger partial charge on any atom is -0.496 e. The van der Waals surface area contributed by atoms with Crippen LogP contribution in [-0.4, -0.2) is 24.0 Å². The van der Waals surface area contributed by atoms with Gasteiger partial charge < -0.3 is 9.64 Å². The average Bonchev–Trinajstić information content (AvgIpc) is 2.72. The molecule has 0 N–H and O–H groups in total. The van der Waals surface area contributed by atoms with Gasteiger partial charge in [0.1, 0.15) is 5.75 Å². The zero-order valence-corrected chi connectivity index (χ0v) is 17.6. The van der Waals surface area contributed by atoms with Crippen LogP contribution in [0.2, 0.25) is 0 Å². The molecule has 4 rings (SSSR count). The minimum atomic E-state index is -0.0235. The molecule has 1 heterocycles. The molecule has 3 nitrogen and oxygen atoms in total. The molecule has 3 heteroatoms. The van der Waals surface area contributed by atoms with Crippen molar-refractivity contribution < 1.29 is 9.53 Å². The van der Waals surface area contributed by atoms with Crippen LogP contribution in [0.3, 0.4) is 0 Å². The highest BCUT2D eigenvalue weighted by Gasteiger charge is 2.30. The summed E-state index contributed by atoms with van der Waals surface area (Å²) in [6.45, 7) is 10.7. The number of carbonyl (C=O) groups excluding carboxylic acids is 1. The van der Waals surface area contributed by atoms with E-state index < -0.39 is 0 Å². The Labute approximate surface area is 172 Å². The molecular weight excluding hydrogens is 358 g/mol. The van der Waals surface area contributed by atoms with Gasteiger partial charge >= 0.3 is 0 Å². The first-order valence-corrected chi connectivity index (χ1v) is 10.1. The Balaban J connectivity index is 2.07. The molecule has 0 radical (unpaired) electrons. The van der Waals surface area contributed by atoms with E-state index in [1.165, 1.54) is 38.2 Å². The highest BCUT2D eigenvalue weighted by molar-refractivity contribution is 6.12. The van der Waals surface area contributed by atoms with Crippen LogP contribution in [-0.2, 0) is 17.8 Å². The summed E-state index contributed by atoms with van der Waals surface area (Å²) in [4.78, 5) is 14.7. The van der Waals surface area contributed by atoms with Crippen LogP contribution in [0, 0.1) is 13.8 Å². The van der Waals surface area contributed by atoms with Crippen molar-refractivity contribution in [3.63, 3.8) is 0 Å². The van der Waals surface area contributed by atoms with Gasteiger partial charge in [0.15, 0.2) is 0 Å². The van der Waals surface area contributed by atoms with Gasteiger partial charge in [0.25, 0.3) is 0 Å². The number of hydrogen-bond acceptors (Lipinski definition) is 2. The number of carbonyl (C=O) groups is 1. The molecule has 1 amide bonds. The van der Waals surface area contributed by atoms with Gasteiger partial charge in [-0.15, -0.1) is 6.58 Å².